The summed E-state index contributed by atoms with van der Waals surface area (Å²) in [4.78, 5) is 10.4. The standard InChI is InChI=1S/C15H13F2NO4S/c16-15(17)11-4-2-6-13(9-11)23(21,22)18-12-5-1-3-10(7-12)8-14(19)20/h1-7,9,15,18H,8H2,(H,19,20). The van der Waals surface area contributed by atoms with Crippen molar-refractivity contribution in [3.63, 3.8) is 0 Å². The summed E-state index contributed by atoms with van der Waals surface area (Å²) < 4.78 is 52.1. The van der Waals surface area contributed by atoms with Gasteiger partial charge < -0.3 is 5.11 Å². The molecule has 0 aliphatic heterocycles. The van der Waals surface area contributed by atoms with Crippen LogP contribution in [0.15, 0.2) is 53.4 Å². The van der Waals surface area contributed by atoms with Gasteiger partial charge in [-0.15, -0.1) is 0 Å². The van der Waals surface area contributed by atoms with Crippen molar-refractivity contribution < 1.29 is 27.1 Å². The molecule has 2 aromatic carbocycles. The number of rotatable bonds is 6. The van der Waals surface area contributed by atoms with E-state index in [1.165, 1.54) is 30.3 Å². The number of carboxylic acids is 1. The molecule has 23 heavy (non-hydrogen) atoms. The van der Waals surface area contributed by atoms with Crippen molar-refractivity contribution >= 4 is 21.7 Å². The summed E-state index contributed by atoms with van der Waals surface area (Å²) in [6.45, 7) is 0. The average molecular weight is 341 g/mol. The van der Waals surface area contributed by atoms with Gasteiger partial charge in [-0.2, -0.15) is 0 Å². The predicted octanol–water partition coefficient (Wildman–Crippen LogP) is 3.05. The molecule has 8 heteroatoms. The molecule has 0 amide bonds. The summed E-state index contributed by atoms with van der Waals surface area (Å²) >= 11 is 0. The molecule has 2 N–H and O–H groups in total. The zero-order chi connectivity index (χ0) is 17.0. The molecule has 0 radical (unpaired) electrons. The van der Waals surface area contributed by atoms with Gasteiger partial charge in [0.2, 0.25) is 0 Å². The van der Waals surface area contributed by atoms with Gasteiger partial charge in [-0.05, 0) is 29.8 Å². The van der Waals surface area contributed by atoms with Gasteiger partial charge in [0.05, 0.1) is 11.3 Å². The Kier molecular flexibility index (Phi) is 4.95. The summed E-state index contributed by atoms with van der Waals surface area (Å²) in [5.74, 6) is -1.05. The van der Waals surface area contributed by atoms with Crippen molar-refractivity contribution in [2.24, 2.45) is 0 Å². The topological polar surface area (TPSA) is 83.5 Å². The van der Waals surface area contributed by atoms with Crippen molar-refractivity contribution in [2.75, 3.05) is 4.72 Å². The van der Waals surface area contributed by atoms with Crippen LogP contribution in [0.3, 0.4) is 0 Å². The van der Waals surface area contributed by atoms with Crippen molar-refractivity contribution in [3.8, 4) is 0 Å². The predicted molar refractivity (Wildman–Crippen MR) is 80.0 cm³/mol. The van der Waals surface area contributed by atoms with Gasteiger partial charge in [0.15, 0.2) is 0 Å². The minimum Gasteiger partial charge on any atom is -0.481 e. The Labute approximate surface area is 131 Å². The number of carbonyl (C=O) groups is 1. The number of alkyl halides is 2. The van der Waals surface area contributed by atoms with E-state index < -0.39 is 28.0 Å². The van der Waals surface area contributed by atoms with E-state index in [0.29, 0.717) is 5.56 Å². The lowest BCUT2D eigenvalue weighted by molar-refractivity contribution is -0.136. The Bertz CT molecular complexity index is 822. The normalized spacial score (nSPS) is 11.4. The zero-order valence-electron chi connectivity index (χ0n) is 11.7. The van der Waals surface area contributed by atoms with Crippen LogP contribution in [-0.4, -0.2) is 19.5 Å². The fourth-order valence-electron chi connectivity index (χ4n) is 1.95. The molecule has 122 valence electrons. The number of carboxylic acid groups (broad SMARTS) is 1. The van der Waals surface area contributed by atoms with Crippen molar-refractivity contribution in [1.82, 2.24) is 0 Å². The molecule has 0 aliphatic rings. The first kappa shape index (κ1) is 16.9. The molecule has 2 aromatic rings. The maximum absolute atomic E-state index is 12.7. The highest BCUT2D eigenvalue weighted by Gasteiger charge is 2.17. The second-order valence-electron chi connectivity index (χ2n) is 4.75. The molecule has 2 rings (SSSR count). The number of hydrogen-bond donors (Lipinski definition) is 2. The molecule has 0 aromatic heterocycles. The highest BCUT2D eigenvalue weighted by molar-refractivity contribution is 7.92. The minimum atomic E-state index is -4.05. The van der Waals surface area contributed by atoms with Crippen LogP contribution in [0.2, 0.25) is 0 Å². The third-order valence-corrected chi connectivity index (χ3v) is 4.33. The monoisotopic (exact) mass is 341 g/mol. The van der Waals surface area contributed by atoms with Crippen molar-refractivity contribution in [2.45, 2.75) is 17.7 Å². The first-order chi connectivity index (χ1) is 10.8. The van der Waals surface area contributed by atoms with E-state index >= 15 is 0 Å². The SMILES string of the molecule is O=C(O)Cc1cccc(NS(=O)(=O)c2cccc(C(F)F)c2)c1. The third kappa shape index (κ3) is 4.49. The number of anilines is 1. The first-order valence-corrected chi connectivity index (χ1v) is 7.98. The Morgan fingerprint density at radius 3 is 2.48 bits per heavy atom. The van der Waals surface area contributed by atoms with Crippen LogP contribution in [0, 0.1) is 0 Å². The van der Waals surface area contributed by atoms with Crippen molar-refractivity contribution in [1.29, 1.82) is 0 Å². The molecular weight excluding hydrogens is 328 g/mol. The lowest BCUT2D eigenvalue weighted by Crippen LogP contribution is -2.13. The van der Waals surface area contributed by atoms with Gasteiger partial charge >= 0.3 is 5.97 Å². The molecule has 0 bridgehead atoms. The lowest BCUT2D eigenvalue weighted by atomic mass is 10.1. The molecule has 0 fully saturated rings. The van der Waals surface area contributed by atoms with E-state index in [9.17, 15) is 22.0 Å². The smallest absolute Gasteiger partial charge is 0.307 e. The molecule has 0 unspecified atom stereocenters. The highest BCUT2D eigenvalue weighted by Crippen LogP contribution is 2.23. The summed E-state index contributed by atoms with van der Waals surface area (Å²) in [5, 5.41) is 8.74. The fourth-order valence-corrected chi connectivity index (χ4v) is 3.05. The van der Waals surface area contributed by atoms with Crippen LogP contribution in [0.5, 0.6) is 0 Å². The Balaban J connectivity index is 2.28. The van der Waals surface area contributed by atoms with E-state index in [4.69, 9.17) is 5.11 Å². The second-order valence-corrected chi connectivity index (χ2v) is 6.43. The molecule has 0 aliphatic carbocycles. The minimum absolute atomic E-state index is 0.159. The summed E-state index contributed by atoms with van der Waals surface area (Å²) in [5.41, 5.74) is 0.178. The molecule has 0 heterocycles. The lowest BCUT2D eigenvalue weighted by Gasteiger charge is -2.10. The van der Waals surface area contributed by atoms with Crippen LogP contribution in [0.25, 0.3) is 0 Å². The number of sulfonamides is 1. The van der Waals surface area contributed by atoms with Gasteiger partial charge in [0, 0.05) is 11.3 Å². The van der Waals surface area contributed by atoms with Crippen LogP contribution in [0.4, 0.5) is 14.5 Å². The third-order valence-electron chi connectivity index (χ3n) is 2.95. The van der Waals surface area contributed by atoms with Gasteiger partial charge in [0.1, 0.15) is 0 Å². The molecular formula is C15H13F2NO4S. The van der Waals surface area contributed by atoms with E-state index in [-0.39, 0.29) is 17.0 Å². The van der Waals surface area contributed by atoms with Gasteiger partial charge in [-0.25, -0.2) is 17.2 Å². The van der Waals surface area contributed by atoms with Crippen LogP contribution < -0.4 is 4.72 Å². The van der Waals surface area contributed by atoms with Gasteiger partial charge in [-0.1, -0.05) is 24.3 Å². The first-order valence-electron chi connectivity index (χ1n) is 6.49. The second kappa shape index (κ2) is 6.74. The van der Waals surface area contributed by atoms with E-state index in [1.807, 2.05) is 0 Å². The maximum atomic E-state index is 12.7. The number of benzene rings is 2. The number of aliphatic carboxylic acids is 1. The van der Waals surface area contributed by atoms with E-state index in [1.54, 1.807) is 6.07 Å². The maximum Gasteiger partial charge on any atom is 0.307 e. The van der Waals surface area contributed by atoms with E-state index in [2.05, 4.69) is 4.72 Å². The van der Waals surface area contributed by atoms with E-state index in [0.717, 1.165) is 12.1 Å². The van der Waals surface area contributed by atoms with Crippen molar-refractivity contribution in [3.05, 3.63) is 59.7 Å². The Hall–Kier alpha value is -2.48. The quantitative estimate of drug-likeness (QED) is 0.846. The number of nitrogens with one attached hydrogen (secondary N) is 1. The fraction of sp³-hybridized carbons (Fsp3) is 0.133. The molecule has 5 nitrogen and oxygen atoms in total. The van der Waals surface area contributed by atoms with Crippen LogP contribution in [0.1, 0.15) is 17.6 Å². The summed E-state index contributed by atoms with van der Waals surface area (Å²) in [6.07, 6.45) is -3.03. The zero-order valence-corrected chi connectivity index (χ0v) is 12.6. The van der Waals surface area contributed by atoms with Crippen LogP contribution >= 0.6 is 0 Å². The molecule has 0 spiro atoms. The van der Waals surface area contributed by atoms with Gasteiger partial charge in [0.25, 0.3) is 16.4 Å². The molecule has 0 saturated heterocycles. The summed E-state index contributed by atoms with van der Waals surface area (Å²) in [7, 11) is -4.05. The largest absolute Gasteiger partial charge is 0.481 e. The average Bonchev–Trinajstić information content (AvgIpc) is 2.46. The number of hydrogen-bond acceptors (Lipinski definition) is 3. The molecule has 0 saturated carbocycles. The Morgan fingerprint density at radius 2 is 1.83 bits per heavy atom. The number of halogens is 2. The summed E-state index contributed by atoms with van der Waals surface area (Å²) in [6, 6.07) is 10.3. The highest BCUT2D eigenvalue weighted by atomic mass is 32.2. The van der Waals surface area contributed by atoms with Gasteiger partial charge in [-0.3, -0.25) is 9.52 Å². The molecule has 0 atom stereocenters. The Morgan fingerprint density at radius 1 is 1.13 bits per heavy atom. The van der Waals surface area contributed by atoms with Crippen LogP contribution in [-0.2, 0) is 21.2 Å².